The molecule has 0 nitrogen and oxygen atoms in total. The van der Waals surface area contributed by atoms with E-state index in [1.54, 1.807) is 0 Å². The molecule has 0 saturated heterocycles. The van der Waals surface area contributed by atoms with E-state index in [0.717, 1.165) is 0 Å². The van der Waals surface area contributed by atoms with E-state index < -0.39 is 0 Å². The minimum atomic E-state index is 1.20. The van der Waals surface area contributed by atoms with Crippen LogP contribution in [0.4, 0.5) is 0 Å². The second-order valence-corrected chi connectivity index (χ2v) is 3.60. The molecular weight excluding hydrogens is 192 g/mol. The van der Waals surface area contributed by atoms with Crippen molar-refractivity contribution >= 4 is 6.08 Å². The zero-order valence-corrected chi connectivity index (χ0v) is 9.98. The van der Waals surface area contributed by atoms with Crippen LogP contribution in [0.1, 0.15) is 19.4 Å². The minimum absolute atomic E-state index is 1.20. The topological polar surface area (TPSA) is 0 Å². The lowest BCUT2D eigenvalue weighted by Crippen LogP contribution is -1.81. The SMILES string of the molecule is C=C/C=C(\C=C/C)C(/C)=C/c1ccccc1. The third-order valence-corrected chi connectivity index (χ3v) is 2.28. The average Bonchev–Trinajstić information content (AvgIpc) is 2.30. The molecule has 0 heteroatoms. The number of allylic oxidation sites excluding steroid dienone is 6. The van der Waals surface area contributed by atoms with Gasteiger partial charge in [0.25, 0.3) is 0 Å². The van der Waals surface area contributed by atoms with Crippen molar-refractivity contribution in [2.24, 2.45) is 0 Å². The fraction of sp³-hybridized carbons (Fsp3) is 0.125. The Labute approximate surface area is 98.3 Å². The first-order valence-electron chi connectivity index (χ1n) is 5.47. The van der Waals surface area contributed by atoms with E-state index in [1.165, 1.54) is 16.7 Å². The monoisotopic (exact) mass is 210 g/mol. The van der Waals surface area contributed by atoms with Gasteiger partial charge in [0.2, 0.25) is 0 Å². The molecule has 0 aliphatic carbocycles. The van der Waals surface area contributed by atoms with Gasteiger partial charge in [0.15, 0.2) is 0 Å². The van der Waals surface area contributed by atoms with Crippen molar-refractivity contribution < 1.29 is 0 Å². The quantitative estimate of drug-likeness (QED) is 0.627. The Morgan fingerprint density at radius 1 is 1.19 bits per heavy atom. The zero-order valence-electron chi connectivity index (χ0n) is 9.98. The maximum atomic E-state index is 3.73. The van der Waals surface area contributed by atoms with E-state index >= 15 is 0 Å². The summed E-state index contributed by atoms with van der Waals surface area (Å²) in [5.74, 6) is 0. The maximum Gasteiger partial charge on any atom is -0.0231 e. The molecule has 1 aromatic rings. The fourth-order valence-corrected chi connectivity index (χ4v) is 1.51. The predicted molar refractivity (Wildman–Crippen MR) is 73.2 cm³/mol. The number of hydrogen-bond donors (Lipinski definition) is 0. The molecule has 0 N–H and O–H groups in total. The van der Waals surface area contributed by atoms with Crippen LogP contribution in [0.15, 0.2) is 72.4 Å². The Bertz CT molecular complexity index is 417. The molecule has 0 heterocycles. The summed E-state index contributed by atoms with van der Waals surface area (Å²) in [6.45, 7) is 7.87. The summed E-state index contributed by atoms with van der Waals surface area (Å²) < 4.78 is 0. The normalized spacial score (nSPS) is 13.1. The summed E-state index contributed by atoms with van der Waals surface area (Å²) in [5.41, 5.74) is 3.66. The van der Waals surface area contributed by atoms with Gasteiger partial charge >= 0.3 is 0 Å². The largest absolute Gasteiger partial charge is 0.0990 e. The fourth-order valence-electron chi connectivity index (χ4n) is 1.51. The number of rotatable bonds is 4. The van der Waals surface area contributed by atoms with Crippen molar-refractivity contribution in [3.05, 3.63) is 77.9 Å². The lowest BCUT2D eigenvalue weighted by molar-refractivity contribution is 1.44. The highest BCUT2D eigenvalue weighted by molar-refractivity contribution is 5.60. The molecule has 1 rings (SSSR count). The van der Waals surface area contributed by atoms with E-state index in [1.807, 2.05) is 43.4 Å². The molecule has 0 aliphatic rings. The zero-order chi connectivity index (χ0) is 11.8. The highest BCUT2D eigenvalue weighted by Crippen LogP contribution is 2.15. The van der Waals surface area contributed by atoms with Crippen molar-refractivity contribution in [1.29, 1.82) is 0 Å². The lowest BCUT2D eigenvalue weighted by Gasteiger charge is -2.02. The summed E-state index contributed by atoms with van der Waals surface area (Å²) in [6.07, 6.45) is 10.1. The molecule has 0 aliphatic heterocycles. The average molecular weight is 210 g/mol. The van der Waals surface area contributed by atoms with E-state index in [0.29, 0.717) is 0 Å². The van der Waals surface area contributed by atoms with Gasteiger partial charge in [0, 0.05) is 0 Å². The van der Waals surface area contributed by atoms with Crippen LogP contribution in [0.5, 0.6) is 0 Å². The molecule has 1 aromatic carbocycles. The van der Waals surface area contributed by atoms with Crippen LogP contribution in [-0.4, -0.2) is 0 Å². The Kier molecular flexibility index (Phi) is 5.07. The number of hydrogen-bond acceptors (Lipinski definition) is 0. The first-order valence-corrected chi connectivity index (χ1v) is 5.47. The van der Waals surface area contributed by atoms with Crippen LogP contribution >= 0.6 is 0 Å². The number of benzene rings is 1. The third-order valence-electron chi connectivity index (χ3n) is 2.28. The molecule has 0 saturated carbocycles. The van der Waals surface area contributed by atoms with Gasteiger partial charge in [0.05, 0.1) is 0 Å². The van der Waals surface area contributed by atoms with Gasteiger partial charge < -0.3 is 0 Å². The summed E-state index contributed by atoms with van der Waals surface area (Å²) in [6, 6.07) is 10.3. The van der Waals surface area contributed by atoms with Gasteiger partial charge in [0.1, 0.15) is 0 Å². The van der Waals surface area contributed by atoms with E-state index in [4.69, 9.17) is 0 Å². The van der Waals surface area contributed by atoms with Gasteiger partial charge in [-0.15, -0.1) is 0 Å². The summed E-state index contributed by atoms with van der Waals surface area (Å²) >= 11 is 0. The first-order chi connectivity index (χ1) is 7.77. The van der Waals surface area contributed by atoms with Crippen molar-refractivity contribution in [3.63, 3.8) is 0 Å². The predicted octanol–water partition coefficient (Wildman–Crippen LogP) is 4.78. The van der Waals surface area contributed by atoms with Gasteiger partial charge in [-0.2, -0.15) is 0 Å². The van der Waals surface area contributed by atoms with E-state index in [-0.39, 0.29) is 0 Å². The second-order valence-electron chi connectivity index (χ2n) is 3.60. The Morgan fingerprint density at radius 2 is 1.88 bits per heavy atom. The van der Waals surface area contributed by atoms with Crippen LogP contribution in [0.2, 0.25) is 0 Å². The van der Waals surface area contributed by atoms with Crippen LogP contribution < -0.4 is 0 Å². The van der Waals surface area contributed by atoms with Crippen molar-refractivity contribution in [2.45, 2.75) is 13.8 Å². The van der Waals surface area contributed by atoms with Crippen LogP contribution in [0, 0.1) is 0 Å². The second kappa shape index (κ2) is 6.62. The van der Waals surface area contributed by atoms with Crippen LogP contribution in [0.25, 0.3) is 6.08 Å². The molecule has 0 spiro atoms. The molecule has 0 aromatic heterocycles. The Hall–Kier alpha value is -1.82. The minimum Gasteiger partial charge on any atom is -0.0990 e. The summed E-state index contributed by atoms with van der Waals surface area (Å²) in [7, 11) is 0. The maximum absolute atomic E-state index is 3.73. The smallest absolute Gasteiger partial charge is 0.0231 e. The highest BCUT2D eigenvalue weighted by atomic mass is 14.0. The van der Waals surface area contributed by atoms with Crippen LogP contribution in [-0.2, 0) is 0 Å². The molecule has 0 unspecified atom stereocenters. The van der Waals surface area contributed by atoms with Crippen LogP contribution in [0.3, 0.4) is 0 Å². The molecule has 0 atom stereocenters. The van der Waals surface area contributed by atoms with Gasteiger partial charge in [-0.25, -0.2) is 0 Å². The van der Waals surface area contributed by atoms with Crippen molar-refractivity contribution in [1.82, 2.24) is 0 Å². The molecule has 0 amide bonds. The summed E-state index contributed by atoms with van der Waals surface area (Å²) in [4.78, 5) is 0. The van der Waals surface area contributed by atoms with E-state index in [2.05, 4.69) is 37.8 Å². The van der Waals surface area contributed by atoms with Gasteiger partial charge in [-0.3, -0.25) is 0 Å². The molecule has 0 bridgehead atoms. The van der Waals surface area contributed by atoms with E-state index in [9.17, 15) is 0 Å². The molecule has 16 heavy (non-hydrogen) atoms. The Balaban J connectivity index is 2.99. The molecule has 82 valence electrons. The third kappa shape index (κ3) is 3.74. The van der Waals surface area contributed by atoms with Crippen molar-refractivity contribution in [2.75, 3.05) is 0 Å². The van der Waals surface area contributed by atoms with Gasteiger partial charge in [-0.05, 0) is 30.6 Å². The van der Waals surface area contributed by atoms with Gasteiger partial charge in [-0.1, -0.05) is 67.3 Å². The Morgan fingerprint density at radius 3 is 2.44 bits per heavy atom. The molecule has 0 fully saturated rings. The lowest BCUT2D eigenvalue weighted by atomic mass is 10.0. The standard InChI is InChI=1S/C16H18/c1-4-9-16(10-5-2)14(3)13-15-11-7-6-8-12-15/h4-13H,1H2,2-3H3/b10-5-,14-13+,16-9+. The first kappa shape index (κ1) is 12.3. The molecule has 0 radical (unpaired) electrons. The molecular formula is C16H18. The summed E-state index contributed by atoms with van der Waals surface area (Å²) in [5, 5.41) is 0. The van der Waals surface area contributed by atoms with Crippen molar-refractivity contribution in [3.8, 4) is 0 Å². The highest BCUT2D eigenvalue weighted by Gasteiger charge is 1.94.